The van der Waals surface area contributed by atoms with E-state index in [9.17, 15) is 10.1 Å². The smallest absolute Gasteiger partial charge is 0.294 e. The lowest BCUT2D eigenvalue weighted by molar-refractivity contribution is -0.758. The van der Waals surface area contributed by atoms with Crippen molar-refractivity contribution in [1.29, 1.82) is 0 Å². The third kappa shape index (κ3) is 31.7. The summed E-state index contributed by atoms with van der Waals surface area (Å²) in [6.45, 7) is 0.133. The maximum absolute atomic E-state index is 9.51. The molecule has 0 radical (unpaired) electrons. The fourth-order valence-corrected chi connectivity index (χ4v) is 0.337. The molecule has 0 fully saturated rings. The number of rotatable bonds is 6. The normalized spacial score (nSPS) is 8.36. The summed E-state index contributed by atoms with van der Waals surface area (Å²) in [5, 5.41) is 30.4. The van der Waals surface area contributed by atoms with E-state index in [1.165, 1.54) is 0 Å². The van der Waals surface area contributed by atoms with Crippen LogP contribution in [0.25, 0.3) is 0 Å². The fraction of sp³-hybridized carbons (Fsp3) is 1.00. The van der Waals surface area contributed by atoms with Crippen LogP contribution in [0, 0.1) is 20.2 Å². The van der Waals surface area contributed by atoms with E-state index in [2.05, 4.69) is 9.57 Å². The van der Waals surface area contributed by atoms with Crippen LogP contribution in [0.3, 0.4) is 0 Å². The lowest BCUT2D eigenvalue weighted by atomic mass is 10.7. The van der Waals surface area contributed by atoms with Gasteiger partial charge < -0.3 is 19.9 Å². The zero-order valence-corrected chi connectivity index (χ0v) is 7.07. The van der Waals surface area contributed by atoms with Crippen LogP contribution in [0.5, 0.6) is 0 Å². The van der Waals surface area contributed by atoms with Gasteiger partial charge in [-0.05, 0) is 0 Å². The minimum Gasteiger partial charge on any atom is -0.394 e. The van der Waals surface area contributed by atoms with Gasteiger partial charge in [-0.2, -0.15) is 0 Å². The van der Waals surface area contributed by atoms with Gasteiger partial charge in [0.05, 0.1) is 19.8 Å². The van der Waals surface area contributed by atoms with Gasteiger partial charge in [0, 0.05) is 0 Å². The second-order valence-corrected chi connectivity index (χ2v) is 1.63. The lowest BCUT2D eigenvalue weighted by Crippen LogP contribution is -2.10. The molecule has 0 amide bonds. The number of hydrogen-bond acceptors (Lipinski definition) is 7. The topological polar surface area (TPSA) is 145 Å². The predicted octanol–water partition coefficient (Wildman–Crippen LogP) is -1.14. The lowest BCUT2D eigenvalue weighted by Gasteiger charge is -1.98. The number of hydrogen-bond donors (Lipinski definition) is 2. The Labute approximate surface area is 77.9 Å². The first-order valence-electron chi connectivity index (χ1n) is 3.30. The zero-order chi connectivity index (χ0) is 11.4. The van der Waals surface area contributed by atoms with E-state index in [1.807, 2.05) is 0 Å². The largest absolute Gasteiger partial charge is 0.394 e. The standard InChI is InChI=1S/C4H9NO5.HNO3/c6-1-2-9-3-4-10-5(7)8;2-1(3)4/h6H,1-4H2;(H,2,3,4). The van der Waals surface area contributed by atoms with Crippen LogP contribution in [0.15, 0.2) is 0 Å². The van der Waals surface area contributed by atoms with Gasteiger partial charge in [-0.3, -0.25) is 0 Å². The second-order valence-electron chi connectivity index (χ2n) is 1.63. The molecule has 10 heteroatoms. The molecule has 0 spiro atoms. The van der Waals surface area contributed by atoms with Crippen molar-refractivity contribution in [3.05, 3.63) is 20.2 Å². The molecule has 0 aromatic heterocycles. The SMILES string of the molecule is O=[N+]([O-])O.O=[N+]([O-])OCCOCCO. The Bertz CT molecular complexity index is 157. The van der Waals surface area contributed by atoms with Crippen molar-refractivity contribution in [2.24, 2.45) is 0 Å². The molecule has 0 saturated heterocycles. The van der Waals surface area contributed by atoms with Crippen molar-refractivity contribution in [3.8, 4) is 0 Å². The maximum Gasteiger partial charge on any atom is 0.294 e. The molecule has 0 aliphatic carbocycles. The Morgan fingerprint density at radius 3 is 2.00 bits per heavy atom. The Morgan fingerprint density at radius 1 is 1.14 bits per heavy atom. The Kier molecular flexibility index (Phi) is 12.0. The van der Waals surface area contributed by atoms with Gasteiger partial charge in [0.15, 0.2) is 0 Å². The number of aliphatic hydroxyl groups excluding tert-OH is 1. The molecule has 10 nitrogen and oxygen atoms in total. The van der Waals surface area contributed by atoms with E-state index in [4.69, 9.17) is 20.4 Å². The van der Waals surface area contributed by atoms with Crippen LogP contribution in [-0.4, -0.2) is 46.9 Å². The monoisotopic (exact) mass is 214 g/mol. The van der Waals surface area contributed by atoms with E-state index in [0.717, 1.165) is 0 Å². The highest BCUT2D eigenvalue weighted by atomic mass is 17.0. The first kappa shape index (κ1) is 14.8. The fourth-order valence-electron chi connectivity index (χ4n) is 0.337. The molecule has 14 heavy (non-hydrogen) atoms. The van der Waals surface area contributed by atoms with Crippen molar-refractivity contribution in [1.82, 2.24) is 0 Å². The van der Waals surface area contributed by atoms with Crippen LogP contribution >= 0.6 is 0 Å². The van der Waals surface area contributed by atoms with Crippen molar-refractivity contribution < 1.29 is 30.1 Å². The van der Waals surface area contributed by atoms with Crippen molar-refractivity contribution in [2.45, 2.75) is 0 Å². The summed E-state index contributed by atoms with van der Waals surface area (Å²) >= 11 is 0. The molecule has 0 unspecified atom stereocenters. The first-order chi connectivity index (χ1) is 6.50. The molecule has 0 heterocycles. The summed E-state index contributed by atoms with van der Waals surface area (Å²) in [5.41, 5.74) is 0. The number of nitrogens with zero attached hydrogens (tertiary/aromatic N) is 2. The average molecular weight is 214 g/mol. The van der Waals surface area contributed by atoms with Gasteiger partial charge >= 0.3 is 0 Å². The molecular weight excluding hydrogens is 204 g/mol. The second kappa shape index (κ2) is 11.3. The van der Waals surface area contributed by atoms with Crippen molar-refractivity contribution >= 4 is 0 Å². The molecule has 0 saturated carbocycles. The highest BCUT2D eigenvalue weighted by Gasteiger charge is 1.92. The quantitative estimate of drug-likeness (QED) is 0.320. The summed E-state index contributed by atoms with van der Waals surface area (Å²) in [6, 6.07) is 0. The van der Waals surface area contributed by atoms with Gasteiger partial charge in [0.2, 0.25) is 0 Å². The first-order valence-corrected chi connectivity index (χ1v) is 3.30. The van der Waals surface area contributed by atoms with Gasteiger partial charge in [0.1, 0.15) is 6.61 Å². The molecule has 0 atom stereocenters. The summed E-state index contributed by atoms with van der Waals surface area (Å²) in [5.74, 6) is 0. The Balaban J connectivity index is 0. The molecule has 0 rings (SSSR count). The molecular formula is C4H10N2O8. The van der Waals surface area contributed by atoms with E-state index >= 15 is 0 Å². The summed E-state index contributed by atoms with van der Waals surface area (Å²) in [7, 11) is 0. The van der Waals surface area contributed by atoms with Gasteiger partial charge in [-0.25, -0.2) is 0 Å². The van der Waals surface area contributed by atoms with Crippen LogP contribution < -0.4 is 0 Å². The molecule has 2 N–H and O–H groups in total. The van der Waals surface area contributed by atoms with E-state index in [-0.39, 0.29) is 26.4 Å². The highest BCUT2D eigenvalue weighted by Crippen LogP contribution is 1.77. The number of ether oxygens (including phenoxy) is 1. The van der Waals surface area contributed by atoms with E-state index in [1.54, 1.807) is 0 Å². The van der Waals surface area contributed by atoms with Gasteiger partial charge in [-0.1, -0.05) is 0 Å². The highest BCUT2D eigenvalue weighted by molar-refractivity contribution is 4.25. The Hall–Kier alpha value is -1.68. The van der Waals surface area contributed by atoms with Crippen LogP contribution in [0.4, 0.5) is 0 Å². The molecule has 0 aliphatic rings. The average Bonchev–Trinajstić information content (AvgIpc) is 2.02. The van der Waals surface area contributed by atoms with Crippen LogP contribution in [-0.2, 0) is 9.57 Å². The minimum atomic E-state index is -1.50. The molecule has 84 valence electrons. The molecule has 0 bridgehead atoms. The minimum absolute atomic E-state index is 0.0849. The summed E-state index contributed by atoms with van der Waals surface area (Å²) in [6.07, 6.45) is 0. The van der Waals surface area contributed by atoms with Gasteiger partial charge in [-0.15, -0.1) is 20.2 Å². The van der Waals surface area contributed by atoms with Crippen molar-refractivity contribution in [3.63, 3.8) is 0 Å². The molecule has 0 aliphatic heterocycles. The van der Waals surface area contributed by atoms with E-state index < -0.39 is 10.2 Å². The predicted molar refractivity (Wildman–Crippen MR) is 39.6 cm³/mol. The van der Waals surface area contributed by atoms with Gasteiger partial charge in [0.25, 0.3) is 10.2 Å². The third-order valence-corrected chi connectivity index (χ3v) is 0.660. The zero-order valence-electron chi connectivity index (χ0n) is 7.07. The van der Waals surface area contributed by atoms with Crippen LogP contribution in [0.2, 0.25) is 0 Å². The third-order valence-electron chi connectivity index (χ3n) is 0.660. The number of aliphatic hydroxyl groups is 1. The molecule has 0 aromatic rings. The summed E-state index contributed by atoms with van der Waals surface area (Å²) < 4.78 is 4.65. The molecule has 0 aromatic carbocycles. The maximum atomic E-state index is 9.51. The van der Waals surface area contributed by atoms with E-state index in [0.29, 0.717) is 0 Å². The summed E-state index contributed by atoms with van der Waals surface area (Å²) in [4.78, 5) is 21.8. The van der Waals surface area contributed by atoms with Crippen molar-refractivity contribution in [2.75, 3.05) is 26.4 Å². The Morgan fingerprint density at radius 2 is 1.64 bits per heavy atom. The van der Waals surface area contributed by atoms with Crippen LogP contribution in [0.1, 0.15) is 0 Å².